The molecule has 0 saturated carbocycles. The van der Waals surface area contributed by atoms with Gasteiger partial charge in [-0.15, -0.1) is 0 Å². The van der Waals surface area contributed by atoms with Crippen molar-refractivity contribution in [3.05, 3.63) is 0 Å². The van der Waals surface area contributed by atoms with E-state index < -0.39 is 0 Å². The van der Waals surface area contributed by atoms with Gasteiger partial charge < -0.3 is 9.64 Å². The second-order valence-electron chi connectivity index (χ2n) is 10.0. The first-order valence-corrected chi connectivity index (χ1v) is 14.1. The minimum atomic E-state index is -0.278. The number of rotatable bonds is 21. The van der Waals surface area contributed by atoms with Crippen LogP contribution in [0.2, 0.25) is 0 Å². The number of unbranched alkanes of at least 4 members (excludes halogenated alkanes) is 16. The van der Waals surface area contributed by atoms with Crippen LogP contribution in [0.5, 0.6) is 0 Å². The van der Waals surface area contributed by atoms with E-state index in [1.54, 1.807) is 0 Å². The molecule has 2 atom stereocenters. The van der Waals surface area contributed by atoms with E-state index in [4.69, 9.17) is 4.74 Å². The second kappa shape index (κ2) is 19.4. The molecule has 4 heteroatoms. The van der Waals surface area contributed by atoms with Gasteiger partial charge in [0.25, 0.3) is 0 Å². The van der Waals surface area contributed by atoms with Gasteiger partial charge in [-0.2, -0.15) is 0 Å². The zero-order valence-electron chi connectivity index (χ0n) is 21.7. The van der Waals surface area contributed by atoms with Crippen LogP contribution in [-0.2, 0) is 14.3 Å². The average molecular weight is 452 g/mol. The van der Waals surface area contributed by atoms with Crippen LogP contribution in [0, 0.1) is 11.8 Å². The maximum Gasteiger partial charge on any atom is 0.311 e. The molecule has 1 aliphatic rings. The molecule has 0 bridgehead atoms. The topological polar surface area (TPSA) is 46.6 Å². The van der Waals surface area contributed by atoms with Gasteiger partial charge in [-0.3, -0.25) is 9.59 Å². The van der Waals surface area contributed by atoms with E-state index in [1.165, 1.54) is 96.3 Å². The van der Waals surface area contributed by atoms with E-state index in [-0.39, 0.29) is 23.7 Å². The molecule has 0 aliphatic carbocycles. The van der Waals surface area contributed by atoms with Crippen molar-refractivity contribution in [1.82, 2.24) is 4.90 Å². The third-order valence-electron chi connectivity index (χ3n) is 7.05. The van der Waals surface area contributed by atoms with Gasteiger partial charge >= 0.3 is 5.97 Å². The molecule has 0 radical (unpaired) electrons. The zero-order chi connectivity index (χ0) is 23.4. The van der Waals surface area contributed by atoms with Crippen molar-refractivity contribution in [3.8, 4) is 0 Å². The molecule has 188 valence electrons. The Balaban J connectivity index is 2.07. The fraction of sp³-hybridized carbons (Fsp3) is 0.929. The Labute approximate surface area is 199 Å². The van der Waals surface area contributed by atoms with Crippen LogP contribution >= 0.6 is 0 Å². The van der Waals surface area contributed by atoms with E-state index >= 15 is 0 Å². The first-order valence-electron chi connectivity index (χ1n) is 14.1. The standard InChI is InChI=1S/C28H53NO3/c1-4-6-8-10-12-14-15-16-18-20-22-29-24-26(25(3)27(29)30)28(31)32-23-21-19-17-13-11-9-7-5-2/h25-26H,4-24H2,1-3H3. The zero-order valence-corrected chi connectivity index (χ0v) is 21.7. The summed E-state index contributed by atoms with van der Waals surface area (Å²) >= 11 is 0. The Bertz CT molecular complexity index is 479. The largest absolute Gasteiger partial charge is 0.465 e. The van der Waals surface area contributed by atoms with Gasteiger partial charge in [0, 0.05) is 13.1 Å². The Morgan fingerprint density at radius 3 is 1.69 bits per heavy atom. The molecule has 1 aliphatic heterocycles. The van der Waals surface area contributed by atoms with E-state index in [2.05, 4.69) is 13.8 Å². The van der Waals surface area contributed by atoms with E-state index in [9.17, 15) is 9.59 Å². The number of amides is 1. The molecule has 1 rings (SSSR count). The number of likely N-dealkylation sites (tertiary alicyclic amines) is 1. The highest BCUT2D eigenvalue weighted by atomic mass is 16.5. The molecule has 1 heterocycles. The van der Waals surface area contributed by atoms with Crippen LogP contribution in [0.1, 0.15) is 136 Å². The average Bonchev–Trinajstić information content (AvgIpc) is 3.07. The summed E-state index contributed by atoms with van der Waals surface area (Å²) in [6.45, 7) is 8.24. The molecule has 2 unspecified atom stereocenters. The molecular formula is C28H53NO3. The van der Waals surface area contributed by atoms with Crippen molar-refractivity contribution < 1.29 is 14.3 Å². The van der Waals surface area contributed by atoms with Gasteiger partial charge in [0.1, 0.15) is 0 Å². The van der Waals surface area contributed by atoms with E-state index in [0.29, 0.717) is 13.2 Å². The molecular weight excluding hydrogens is 398 g/mol. The maximum atomic E-state index is 12.6. The van der Waals surface area contributed by atoms with E-state index in [0.717, 1.165) is 25.8 Å². The fourth-order valence-corrected chi connectivity index (χ4v) is 4.73. The lowest BCUT2D eigenvalue weighted by molar-refractivity contribution is -0.150. The summed E-state index contributed by atoms with van der Waals surface area (Å²) in [7, 11) is 0. The summed E-state index contributed by atoms with van der Waals surface area (Å²) in [5, 5.41) is 0. The Hall–Kier alpha value is -1.06. The van der Waals surface area contributed by atoms with Crippen LogP contribution in [0.3, 0.4) is 0 Å². The Morgan fingerprint density at radius 1 is 0.750 bits per heavy atom. The third-order valence-corrected chi connectivity index (χ3v) is 7.05. The Morgan fingerprint density at radius 2 is 1.19 bits per heavy atom. The minimum Gasteiger partial charge on any atom is -0.465 e. The SMILES string of the molecule is CCCCCCCCCCCCN1CC(C(=O)OCCCCCCCCCC)C(C)C1=O. The van der Waals surface area contributed by atoms with Crippen LogP contribution in [0.4, 0.5) is 0 Å². The molecule has 32 heavy (non-hydrogen) atoms. The lowest BCUT2D eigenvalue weighted by Crippen LogP contribution is -2.28. The first-order chi connectivity index (χ1) is 15.6. The van der Waals surface area contributed by atoms with Crippen molar-refractivity contribution in [2.45, 2.75) is 136 Å². The number of hydrogen-bond donors (Lipinski definition) is 0. The number of ether oxygens (including phenoxy) is 1. The maximum absolute atomic E-state index is 12.6. The van der Waals surface area contributed by atoms with Gasteiger partial charge in [0.15, 0.2) is 0 Å². The normalized spacial score (nSPS) is 18.5. The van der Waals surface area contributed by atoms with Crippen molar-refractivity contribution in [3.63, 3.8) is 0 Å². The predicted molar refractivity (Wildman–Crippen MR) is 135 cm³/mol. The van der Waals surface area contributed by atoms with Gasteiger partial charge in [-0.05, 0) is 12.8 Å². The predicted octanol–water partition coefficient (Wildman–Crippen LogP) is 7.69. The highest BCUT2D eigenvalue weighted by molar-refractivity contribution is 5.88. The smallest absolute Gasteiger partial charge is 0.311 e. The number of esters is 1. The third kappa shape index (κ3) is 12.8. The van der Waals surface area contributed by atoms with Crippen molar-refractivity contribution in [1.29, 1.82) is 0 Å². The molecule has 1 fully saturated rings. The highest BCUT2D eigenvalue weighted by Gasteiger charge is 2.41. The van der Waals surface area contributed by atoms with Gasteiger partial charge in [0.2, 0.25) is 5.91 Å². The fourth-order valence-electron chi connectivity index (χ4n) is 4.73. The van der Waals surface area contributed by atoms with Gasteiger partial charge in [-0.25, -0.2) is 0 Å². The van der Waals surface area contributed by atoms with Crippen molar-refractivity contribution >= 4 is 11.9 Å². The Kier molecular flexibility index (Phi) is 17.6. The minimum absolute atomic E-state index is 0.134. The van der Waals surface area contributed by atoms with Gasteiger partial charge in [-0.1, -0.05) is 124 Å². The number of carbonyl (C=O) groups is 2. The van der Waals surface area contributed by atoms with Crippen LogP contribution in [-0.4, -0.2) is 36.5 Å². The molecule has 1 amide bonds. The van der Waals surface area contributed by atoms with Crippen LogP contribution < -0.4 is 0 Å². The van der Waals surface area contributed by atoms with Crippen molar-refractivity contribution in [2.75, 3.05) is 19.7 Å². The molecule has 0 spiro atoms. The highest BCUT2D eigenvalue weighted by Crippen LogP contribution is 2.26. The lowest BCUT2D eigenvalue weighted by atomic mass is 9.98. The molecule has 0 aromatic heterocycles. The molecule has 1 saturated heterocycles. The molecule has 4 nitrogen and oxygen atoms in total. The second-order valence-corrected chi connectivity index (χ2v) is 10.0. The van der Waals surface area contributed by atoms with E-state index in [1.807, 2.05) is 11.8 Å². The summed E-state index contributed by atoms with van der Waals surface area (Å²) in [5.74, 6) is -0.543. The van der Waals surface area contributed by atoms with Crippen LogP contribution in [0.15, 0.2) is 0 Å². The first kappa shape index (κ1) is 29.0. The summed E-state index contributed by atoms with van der Waals surface area (Å²) in [5.41, 5.74) is 0. The van der Waals surface area contributed by atoms with Crippen molar-refractivity contribution in [2.24, 2.45) is 11.8 Å². The summed E-state index contributed by atoms with van der Waals surface area (Å²) in [4.78, 5) is 26.9. The monoisotopic (exact) mass is 451 g/mol. The summed E-state index contributed by atoms with van der Waals surface area (Å²) in [6.07, 6.45) is 22.8. The molecule has 0 aromatic carbocycles. The number of nitrogens with zero attached hydrogens (tertiary/aromatic N) is 1. The quantitative estimate of drug-likeness (QED) is 0.133. The lowest BCUT2D eigenvalue weighted by Gasteiger charge is -2.16. The molecule has 0 aromatic rings. The van der Waals surface area contributed by atoms with Crippen LogP contribution in [0.25, 0.3) is 0 Å². The molecule has 0 N–H and O–H groups in total. The number of carbonyl (C=O) groups excluding carboxylic acids is 2. The summed E-state index contributed by atoms with van der Waals surface area (Å²) < 4.78 is 5.53. The summed E-state index contributed by atoms with van der Waals surface area (Å²) in [6, 6.07) is 0. The van der Waals surface area contributed by atoms with Gasteiger partial charge in [0.05, 0.1) is 18.4 Å². The number of hydrogen-bond acceptors (Lipinski definition) is 3.